The van der Waals surface area contributed by atoms with Crippen LogP contribution in [0.25, 0.3) is 0 Å². The Labute approximate surface area is 101 Å². The first-order valence-electron chi connectivity index (χ1n) is 5.04. The highest BCUT2D eigenvalue weighted by molar-refractivity contribution is 6.14. The molecule has 2 rings (SSSR count). The minimum Gasteiger partial charge on any atom is -0.479 e. The lowest BCUT2D eigenvalue weighted by molar-refractivity contribution is -0.153. The summed E-state index contributed by atoms with van der Waals surface area (Å²) < 4.78 is 12.8. The topological polar surface area (TPSA) is 74.7 Å². The van der Waals surface area contributed by atoms with Gasteiger partial charge >= 0.3 is 5.97 Å². The van der Waals surface area contributed by atoms with Crippen LogP contribution in [0, 0.1) is 5.82 Å². The fourth-order valence-corrected chi connectivity index (χ4v) is 1.71. The standard InChI is InChI=1S/C12H8FNO4/c13-8-3-1-7(2-4-8)11(12(17)18)14-9(15)5-6-10(14)16/h1-6,11H,(H,17,18). The molecule has 1 aliphatic heterocycles. The number of carboxylic acid groups (broad SMARTS) is 1. The molecule has 6 heteroatoms. The summed E-state index contributed by atoms with van der Waals surface area (Å²) >= 11 is 0. The van der Waals surface area contributed by atoms with Gasteiger partial charge in [0.1, 0.15) is 5.82 Å². The maximum Gasteiger partial charge on any atom is 0.331 e. The van der Waals surface area contributed by atoms with Gasteiger partial charge in [-0.15, -0.1) is 0 Å². The zero-order valence-electron chi connectivity index (χ0n) is 9.04. The molecule has 1 N–H and O–H groups in total. The van der Waals surface area contributed by atoms with Crippen molar-refractivity contribution in [3.05, 3.63) is 47.8 Å². The maximum atomic E-state index is 12.8. The molecule has 0 spiro atoms. The van der Waals surface area contributed by atoms with Crippen LogP contribution in [0.3, 0.4) is 0 Å². The summed E-state index contributed by atoms with van der Waals surface area (Å²) in [7, 11) is 0. The number of nitrogens with zero attached hydrogens (tertiary/aromatic N) is 1. The molecule has 2 amide bonds. The van der Waals surface area contributed by atoms with Crippen molar-refractivity contribution in [3.8, 4) is 0 Å². The minimum absolute atomic E-state index is 0.161. The summed E-state index contributed by atoms with van der Waals surface area (Å²) in [6.45, 7) is 0. The van der Waals surface area contributed by atoms with Crippen molar-refractivity contribution in [3.63, 3.8) is 0 Å². The van der Waals surface area contributed by atoms with Crippen LogP contribution >= 0.6 is 0 Å². The van der Waals surface area contributed by atoms with Crippen LogP contribution < -0.4 is 0 Å². The van der Waals surface area contributed by atoms with E-state index in [0.29, 0.717) is 4.90 Å². The molecule has 1 atom stereocenters. The lowest BCUT2D eigenvalue weighted by Gasteiger charge is -2.22. The summed E-state index contributed by atoms with van der Waals surface area (Å²) in [6, 6.07) is 3.16. The molecular weight excluding hydrogens is 241 g/mol. The number of amides is 2. The van der Waals surface area contributed by atoms with Crippen molar-refractivity contribution in [1.82, 2.24) is 4.90 Å². The molecule has 0 aromatic heterocycles. The number of hydrogen-bond acceptors (Lipinski definition) is 3. The van der Waals surface area contributed by atoms with Crippen LogP contribution in [0.1, 0.15) is 11.6 Å². The number of hydrogen-bond donors (Lipinski definition) is 1. The molecular formula is C12H8FNO4. The number of aliphatic carboxylic acids is 1. The van der Waals surface area contributed by atoms with Crippen molar-refractivity contribution < 1.29 is 23.9 Å². The molecule has 0 fully saturated rings. The van der Waals surface area contributed by atoms with Crippen LogP contribution in [0.15, 0.2) is 36.4 Å². The SMILES string of the molecule is O=C(O)C(c1ccc(F)cc1)N1C(=O)C=CC1=O. The third-order valence-corrected chi connectivity index (χ3v) is 2.52. The molecule has 0 saturated heterocycles. The lowest BCUT2D eigenvalue weighted by atomic mass is 10.1. The quantitative estimate of drug-likeness (QED) is 0.807. The minimum atomic E-state index is -1.44. The molecule has 18 heavy (non-hydrogen) atoms. The largest absolute Gasteiger partial charge is 0.479 e. The number of imide groups is 1. The Morgan fingerprint density at radius 1 is 1.11 bits per heavy atom. The number of rotatable bonds is 3. The van der Waals surface area contributed by atoms with E-state index in [1.807, 2.05) is 0 Å². The molecule has 1 aromatic carbocycles. The summed E-state index contributed by atoms with van der Waals surface area (Å²) in [5.74, 6) is -3.28. The van der Waals surface area contributed by atoms with Gasteiger partial charge in [0, 0.05) is 12.2 Å². The van der Waals surface area contributed by atoms with E-state index < -0.39 is 29.6 Å². The molecule has 5 nitrogen and oxygen atoms in total. The van der Waals surface area contributed by atoms with Crippen molar-refractivity contribution in [1.29, 1.82) is 0 Å². The third kappa shape index (κ3) is 2.00. The Morgan fingerprint density at radius 2 is 1.61 bits per heavy atom. The van der Waals surface area contributed by atoms with Gasteiger partial charge in [-0.3, -0.25) is 14.5 Å². The normalized spacial score (nSPS) is 16.2. The highest BCUT2D eigenvalue weighted by Gasteiger charge is 2.36. The summed E-state index contributed by atoms with van der Waals surface area (Å²) in [5, 5.41) is 9.12. The summed E-state index contributed by atoms with van der Waals surface area (Å²) in [4.78, 5) is 34.7. The number of carbonyl (C=O) groups is 3. The fourth-order valence-electron chi connectivity index (χ4n) is 1.71. The number of carbonyl (C=O) groups excluding carboxylic acids is 2. The maximum absolute atomic E-state index is 12.8. The second kappa shape index (κ2) is 4.40. The van der Waals surface area contributed by atoms with Gasteiger partial charge < -0.3 is 5.11 Å². The van der Waals surface area contributed by atoms with Crippen molar-refractivity contribution >= 4 is 17.8 Å². The van der Waals surface area contributed by atoms with Crippen LogP contribution in [-0.4, -0.2) is 27.8 Å². The van der Waals surface area contributed by atoms with E-state index in [4.69, 9.17) is 5.11 Å². The van der Waals surface area contributed by atoms with Crippen LogP contribution in [0.2, 0.25) is 0 Å². The van der Waals surface area contributed by atoms with E-state index in [2.05, 4.69) is 0 Å². The van der Waals surface area contributed by atoms with Crippen molar-refractivity contribution in [2.45, 2.75) is 6.04 Å². The average Bonchev–Trinajstić information content (AvgIpc) is 2.63. The van der Waals surface area contributed by atoms with E-state index in [1.165, 1.54) is 12.1 Å². The molecule has 0 bridgehead atoms. The molecule has 1 aliphatic rings. The van der Waals surface area contributed by atoms with Gasteiger partial charge in [0.05, 0.1) is 0 Å². The van der Waals surface area contributed by atoms with Gasteiger partial charge in [-0.2, -0.15) is 0 Å². The van der Waals surface area contributed by atoms with Gasteiger partial charge in [0.2, 0.25) is 0 Å². The average molecular weight is 249 g/mol. The predicted octanol–water partition coefficient (Wildman–Crippen LogP) is 0.876. The van der Waals surface area contributed by atoms with E-state index >= 15 is 0 Å². The van der Waals surface area contributed by atoms with Gasteiger partial charge in [-0.05, 0) is 17.7 Å². The van der Waals surface area contributed by atoms with Crippen LogP contribution in [0.5, 0.6) is 0 Å². The zero-order chi connectivity index (χ0) is 13.3. The van der Waals surface area contributed by atoms with E-state index in [1.54, 1.807) is 0 Å². The summed E-state index contributed by atoms with van der Waals surface area (Å²) in [5.41, 5.74) is 0.161. The van der Waals surface area contributed by atoms with Crippen molar-refractivity contribution in [2.75, 3.05) is 0 Å². The molecule has 1 heterocycles. The highest BCUT2D eigenvalue weighted by atomic mass is 19.1. The Morgan fingerprint density at radius 3 is 2.06 bits per heavy atom. The lowest BCUT2D eigenvalue weighted by Crippen LogP contribution is -2.38. The highest BCUT2D eigenvalue weighted by Crippen LogP contribution is 2.24. The summed E-state index contributed by atoms with van der Waals surface area (Å²) in [6.07, 6.45) is 2.00. The first-order chi connectivity index (χ1) is 8.50. The second-order valence-corrected chi connectivity index (χ2v) is 3.67. The molecule has 0 aliphatic carbocycles. The molecule has 0 radical (unpaired) electrons. The first kappa shape index (κ1) is 12.0. The molecule has 1 unspecified atom stereocenters. The fraction of sp³-hybridized carbons (Fsp3) is 0.0833. The van der Waals surface area contributed by atoms with E-state index in [0.717, 1.165) is 24.3 Å². The third-order valence-electron chi connectivity index (χ3n) is 2.52. The first-order valence-corrected chi connectivity index (χ1v) is 5.04. The molecule has 92 valence electrons. The Balaban J connectivity index is 2.41. The Bertz CT molecular complexity index is 532. The van der Waals surface area contributed by atoms with Crippen molar-refractivity contribution in [2.24, 2.45) is 0 Å². The smallest absolute Gasteiger partial charge is 0.331 e. The monoisotopic (exact) mass is 249 g/mol. The van der Waals surface area contributed by atoms with Crippen LogP contribution in [-0.2, 0) is 14.4 Å². The second-order valence-electron chi connectivity index (χ2n) is 3.67. The predicted molar refractivity (Wildman–Crippen MR) is 57.8 cm³/mol. The van der Waals surface area contributed by atoms with E-state index in [-0.39, 0.29) is 5.56 Å². The van der Waals surface area contributed by atoms with Crippen LogP contribution in [0.4, 0.5) is 4.39 Å². The Kier molecular flexibility index (Phi) is 2.93. The van der Waals surface area contributed by atoms with Gasteiger partial charge in [0.25, 0.3) is 11.8 Å². The number of halogens is 1. The van der Waals surface area contributed by atoms with E-state index in [9.17, 15) is 18.8 Å². The number of carboxylic acids is 1. The molecule has 0 saturated carbocycles. The van der Waals surface area contributed by atoms with Gasteiger partial charge in [-0.1, -0.05) is 12.1 Å². The molecule has 1 aromatic rings. The van der Waals surface area contributed by atoms with Gasteiger partial charge in [0.15, 0.2) is 6.04 Å². The number of benzene rings is 1. The zero-order valence-corrected chi connectivity index (χ0v) is 9.04. The Hall–Kier alpha value is -2.50. The van der Waals surface area contributed by atoms with Gasteiger partial charge in [-0.25, -0.2) is 9.18 Å².